The summed E-state index contributed by atoms with van der Waals surface area (Å²) in [6.07, 6.45) is 5.05. The Bertz CT molecular complexity index is 1010. The van der Waals surface area contributed by atoms with Crippen molar-refractivity contribution in [2.75, 3.05) is 18.0 Å². The van der Waals surface area contributed by atoms with Crippen molar-refractivity contribution >= 4 is 52.7 Å². The van der Waals surface area contributed by atoms with Gasteiger partial charge in [-0.1, -0.05) is 41.0 Å². The molecule has 1 saturated heterocycles. The predicted molar refractivity (Wildman–Crippen MR) is 105 cm³/mol. The number of nitrogens with zero attached hydrogens (tertiary/aromatic N) is 4. The van der Waals surface area contributed by atoms with E-state index in [0.29, 0.717) is 16.6 Å². The molecule has 4 rings (SSSR count). The van der Waals surface area contributed by atoms with Gasteiger partial charge in [0, 0.05) is 36.6 Å². The molecule has 27 heavy (non-hydrogen) atoms. The maximum atomic E-state index is 10.9. The molecule has 1 fully saturated rings. The summed E-state index contributed by atoms with van der Waals surface area (Å²) in [4.78, 5) is 23.6. The van der Waals surface area contributed by atoms with E-state index in [4.69, 9.17) is 28.3 Å². The number of anilines is 1. The lowest BCUT2D eigenvalue weighted by Crippen LogP contribution is -2.36. The Labute approximate surface area is 169 Å². The van der Waals surface area contributed by atoms with Crippen molar-refractivity contribution in [3.63, 3.8) is 0 Å². The first kappa shape index (κ1) is 18.2. The number of hydrogen-bond acceptors (Lipinski definition) is 5. The number of hydrogen-bond donors (Lipinski definition) is 2. The zero-order valence-electron chi connectivity index (χ0n) is 14.0. The Morgan fingerprint density at radius 1 is 1.30 bits per heavy atom. The number of rotatable bonds is 4. The molecule has 1 aliphatic heterocycles. The lowest BCUT2D eigenvalue weighted by atomic mass is 10.3. The van der Waals surface area contributed by atoms with Gasteiger partial charge < -0.3 is 15.3 Å². The third kappa shape index (κ3) is 3.65. The standard InChI is InChI=1S/C17H15Cl2N5O2S/c18-11-2-1-3-12(14(11)19)27-13-8-21-16(24-7-5-20-15(13)24)23-6-4-10(9-23)22-17(25)26/h1-3,5,7-8,10,22H,4,6,9H2,(H,25,26). The molecular weight excluding hydrogens is 409 g/mol. The van der Waals surface area contributed by atoms with Gasteiger partial charge in [-0.3, -0.25) is 4.40 Å². The number of halogens is 2. The van der Waals surface area contributed by atoms with Crippen LogP contribution in [0.4, 0.5) is 10.7 Å². The number of carbonyl (C=O) groups is 1. The first-order chi connectivity index (χ1) is 13.0. The Kier molecular flexibility index (Phi) is 5.03. The SMILES string of the molecule is O=C(O)NC1CCN(c2ncc(Sc3cccc(Cl)c3Cl)c3nccn23)C1. The fourth-order valence-electron chi connectivity index (χ4n) is 3.11. The number of amides is 1. The molecule has 0 aliphatic carbocycles. The minimum atomic E-state index is -1.01. The van der Waals surface area contributed by atoms with Crippen molar-refractivity contribution in [3.8, 4) is 0 Å². The van der Waals surface area contributed by atoms with Crippen LogP contribution >= 0.6 is 35.0 Å². The zero-order valence-corrected chi connectivity index (χ0v) is 16.3. The van der Waals surface area contributed by atoms with Gasteiger partial charge in [0.05, 0.1) is 21.0 Å². The summed E-state index contributed by atoms with van der Waals surface area (Å²) in [5.74, 6) is 0.735. The molecule has 3 heterocycles. The van der Waals surface area contributed by atoms with Gasteiger partial charge in [0.25, 0.3) is 0 Å². The third-order valence-corrected chi connectivity index (χ3v) is 6.31. The fourth-order valence-corrected chi connectivity index (χ4v) is 4.51. The fraction of sp³-hybridized carbons (Fsp3) is 0.235. The van der Waals surface area contributed by atoms with Crippen LogP contribution in [0.15, 0.2) is 46.6 Å². The Hall–Kier alpha value is -2.16. The van der Waals surface area contributed by atoms with Gasteiger partial charge >= 0.3 is 6.09 Å². The maximum Gasteiger partial charge on any atom is 0.404 e. The molecule has 10 heteroatoms. The highest BCUT2D eigenvalue weighted by atomic mass is 35.5. The van der Waals surface area contributed by atoms with Crippen molar-refractivity contribution in [1.29, 1.82) is 0 Å². The summed E-state index contributed by atoms with van der Waals surface area (Å²) in [5, 5.41) is 12.4. The molecule has 1 atom stereocenters. The van der Waals surface area contributed by atoms with E-state index in [1.165, 1.54) is 11.8 Å². The first-order valence-corrected chi connectivity index (χ1v) is 9.78. The van der Waals surface area contributed by atoms with Crippen molar-refractivity contribution < 1.29 is 9.90 Å². The quantitative estimate of drug-likeness (QED) is 0.658. The maximum absolute atomic E-state index is 10.9. The van der Waals surface area contributed by atoms with Crippen LogP contribution in [0.1, 0.15) is 6.42 Å². The number of fused-ring (bicyclic) bond motifs is 1. The molecule has 7 nitrogen and oxygen atoms in total. The van der Waals surface area contributed by atoms with Gasteiger partial charge in [-0.25, -0.2) is 14.8 Å². The van der Waals surface area contributed by atoms with Crippen LogP contribution in [0.3, 0.4) is 0 Å². The van der Waals surface area contributed by atoms with E-state index < -0.39 is 6.09 Å². The van der Waals surface area contributed by atoms with Gasteiger partial charge in [0.2, 0.25) is 5.95 Å². The summed E-state index contributed by atoms with van der Waals surface area (Å²) in [7, 11) is 0. The largest absolute Gasteiger partial charge is 0.465 e. The average Bonchev–Trinajstić information content (AvgIpc) is 3.28. The zero-order chi connectivity index (χ0) is 19.0. The topological polar surface area (TPSA) is 82.8 Å². The second-order valence-electron chi connectivity index (χ2n) is 6.08. The molecular formula is C17H15Cl2N5O2S. The van der Waals surface area contributed by atoms with Crippen LogP contribution in [0.5, 0.6) is 0 Å². The number of benzene rings is 1. The molecule has 1 aromatic carbocycles. The Morgan fingerprint density at radius 2 is 2.15 bits per heavy atom. The molecule has 1 amide bonds. The first-order valence-electron chi connectivity index (χ1n) is 8.21. The molecule has 140 valence electrons. The van der Waals surface area contributed by atoms with Crippen molar-refractivity contribution in [2.45, 2.75) is 22.3 Å². The van der Waals surface area contributed by atoms with E-state index in [0.717, 1.165) is 34.4 Å². The molecule has 0 spiro atoms. The second-order valence-corrected chi connectivity index (χ2v) is 7.95. The normalized spacial score (nSPS) is 16.8. The third-order valence-electron chi connectivity index (χ3n) is 4.31. The number of imidazole rings is 1. The summed E-state index contributed by atoms with van der Waals surface area (Å²) in [6, 6.07) is 5.38. The molecule has 0 radical (unpaired) electrons. The van der Waals surface area contributed by atoms with Crippen molar-refractivity contribution in [2.24, 2.45) is 0 Å². The number of carboxylic acid groups (broad SMARTS) is 1. The Morgan fingerprint density at radius 3 is 2.96 bits per heavy atom. The molecule has 0 saturated carbocycles. The van der Waals surface area contributed by atoms with E-state index in [-0.39, 0.29) is 6.04 Å². The minimum absolute atomic E-state index is 0.109. The molecule has 1 unspecified atom stereocenters. The molecule has 3 aromatic rings. The summed E-state index contributed by atoms with van der Waals surface area (Å²) in [6.45, 7) is 1.29. The van der Waals surface area contributed by atoms with E-state index in [9.17, 15) is 4.79 Å². The molecule has 2 N–H and O–H groups in total. The molecule has 2 aromatic heterocycles. The number of nitrogens with one attached hydrogen (secondary N) is 1. The summed E-state index contributed by atoms with van der Waals surface area (Å²) >= 11 is 13.9. The van der Waals surface area contributed by atoms with Gasteiger partial charge in [-0.15, -0.1) is 0 Å². The molecule has 1 aliphatic rings. The monoisotopic (exact) mass is 423 g/mol. The highest BCUT2D eigenvalue weighted by molar-refractivity contribution is 7.99. The van der Waals surface area contributed by atoms with E-state index >= 15 is 0 Å². The number of aromatic nitrogens is 3. The smallest absolute Gasteiger partial charge is 0.404 e. The van der Waals surface area contributed by atoms with Crippen LogP contribution < -0.4 is 10.2 Å². The highest BCUT2D eigenvalue weighted by Gasteiger charge is 2.26. The average molecular weight is 424 g/mol. The predicted octanol–water partition coefficient (Wildman–Crippen LogP) is 4.03. The molecule has 0 bridgehead atoms. The van der Waals surface area contributed by atoms with Gasteiger partial charge in [-0.2, -0.15) is 0 Å². The second kappa shape index (κ2) is 7.46. The van der Waals surface area contributed by atoms with E-state index in [1.54, 1.807) is 18.5 Å². The lowest BCUT2D eigenvalue weighted by molar-refractivity contribution is 0.191. The summed E-state index contributed by atoms with van der Waals surface area (Å²) < 4.78 is 1.91. The lowest BCUT2D eigenvalue weighted by Gasteiger charge is -2.19. The van der Waals surface area contributed by atoms with E-state index in [2.05, 4.69) is 20.2 Å². The van der Waals surface area contributed by atoms with Gasteiger partial charge in [0.15, 0.2) is 5.65 Å². The summed E-state index contributed by atoms with van der Waals surface area (Å²) in [5.41, 5.74) is 0.760. The van der Waals surface area contributed by atoms with Crippen LogP contribution in [0.2, 0.25) is 10.0 Å². The van der Waals surface area contributed by atoms with Crippen LogP contribution in [0, 0.1) is 0 Å². The van der Waals surface area contributed by atoms with Crippen LogP contribution in [0.25, 0.3) is 5.65 Å². The van der Waals surface area contributed by atoms with E-state index in [1.807, 2.05) is 22.7 Å². The van der Waals surface area contributed by atoms with Gasteiger partial charge in [0.1, 0.15) is 0 Å². The highest BCUT2D eigenvalue weighted by Crippen LogP contribution is 2.38. The van der Waals surface area contributed by atoms with Crippen molar-refractivity contribution in [3.05, 3.63) is 46.8 Å². The Balaban J connectivity index is 1.63. The van der Waals surface area contributed by atoms with Crippen molar-refractivity contribution in [1.82, 2.24) is 19.7 Å². The van der Waals surface area contributed by atoms with Gasteiger partial charge in [-0.05, 0) is 18.6 Å². The van der Waals surface area contributed by atoms with Crippen LogP contribution in [-0.2, 0) is 0 Å². The van der Waals surface area contributed by atoms with Crippen LogP contribution in [-0.4, -0.2) is 44.7 Å². The minimum Gasteiger partial charge on any atom is -0.465 e.